The number of alkyl halides is 3. The zero-order valence-corrected chi connectivity index (χ0v) is 18.6. The van der Waals surface area contributed by atoms with Gasteiger partial charge in [0.05, 0.1) is 18.6 Å². The lowest BCUT2D eigenvalue weighted by Gasteiger charge is -2.20. The molecule has 0 saturated carbocycles. The first kappa shape index (κ1) is 23.1. The first-order valence-electron chi connectivity index (χ1n) is 11.3. The van der Waals surface area contributed by atoms with Crippen LogP contribution in [0.5, 0.6) is 17.2 Å². The van der Waals surface area contributed by atoms with Crippen LogP contribution < -0.4 is 9.47 Å². The molecule has 2 aliphatic rings. The Morgan fingerprint density at radius 2 is 1.80 bits per heavy atom. The molecule has 0 aromatic heterocycles. The van der Waals surface area contributed by atoms with Crippen molar-refractivity contribution in [3.63, 3.8) is 0 Å². The van der Waals surface area contributed by atoms with Gasteiger partial charge in [-0.25, -0.2) is 0 Å². The predicted octanol–water partition coefficient (Wildman–Crippen LogP) is 6.02. The summed E-state index contributed by atoms with van der Waals surface area (Å²) in [4.78, 5) is 11.1. The molecule has 35 heavy (non-hydrogen) atoms. The highest BCUT2D eigenvalue weighted by molar-refractivity contribution is 5.68. The second kappa shape index (κ2) is 8.83. The Bertz CT molecular complexity index is 1270. The van der Waals surface area contributed by atoms with Crippen LogP contribution in [0.25, 0.3) is 0 Å². The van der Waals surface area contributed by atoms with Crippen molar-refractivity contribution >= 4 is 5.97 Å². The van der Waals surface area contributed by atoms with E-state index < -0.39 is 23.8 Å². The smallest absolute Gasteiger partial charge is 0.416 e. The highest BCUT2D eigenvalue weighted by Crippen LogP contribution is 2.44. The van der Waals surface area contributed by atoms with Crippen LogP contribution in [0.4, 0.5) is 13.2 Å². The van der Waals surface area contributed by atoms with Gasteiger partial charge in [-0.2, -0.15) is 13.2 Å². The molecule has 0 fully saturated rings. The Kier molecular flexibility index (Phi) is 5.83. The second-order valence-electron chi connectivity index (χ2n) is 8.95. The number of benzene rings is 3. The van der Waals surface area contributed by atoms with Crippen molar-refractivity contribution < 1.29 is 37.7 Å². The molecule has 1 aliphatic heterocycles. The number of phenols is 1. The topological polar surface area (TPSA) is 76.0 Å². The predicted molar refractivity (Wildman–Crippen MR) is 121 cm³/mol. The zero-order chi connectivity index (χ0) is 24.7. The van der Waals surface area contributed by atoms with Gasteiger partial charge < -0.3 is 19.7 Å². The van der Waals surface area contributed by atoms with Gasteiger partial charge in [-0.3, -0.25) is 4.79 Å². The number of hydrogen-bond donors (Lipinski definition) is 2. The third kappa shape index (κ3) is 4.65. The van der Waals surface area contributed by atoms with Crippen LogP contribution in [-0.4, -0.2) is 22.8 Å². The Morgan fingerprint density at radius 3 is 2.51 bits per heavy atom. The van der Waals surface area contributed by atoms with Crippen LogP contribution in [0.15, 0.2) is 54.6 Å². The molecule has 8 heteroatoms. The van der Waals surface area contributed by atoms with Crippen LogP contribution in [0.3, 0.4) is 0 Å². The van der Waals surface area contributed by atoms with E-state index in [0.717, 1.165) is 17.2 Å². The summed E-state index contributed by atoms with van der Waals surface area (Å²) in [7, 11) is 0. The first-order valence-corrected chi connectivity index (χ1v) is 11.3. The normalized spacial score (nSPS) is 18.6. The molecule has 2 unspecified atom stereocenters. The molecule has 0 amide bonds. The number of rotatable bonds is 6. The summed E-state index contributed by atoms with van der Waals surface area (Å²) in [5, 5.41) is 18.6. The zero-order valence-electron chi connectivity index (χ0n) is 18.6. The van der Waals surface area contributed by atoms with E-state index in [1.807, 2.05) is 0 Å². The van der Waals surface area contributed by atoms with Crippen molar-refractivity contribution in [2.24, 2.45) is 0 Å². The summed E-state index contributed by atoms with van der Waals surface area (Å²) >= 11 is 0. The van der Waals surface area contributed by atoms with Gasteiger partial charge >= 0.3 is 12.1 Å². The van der Waals surface area contributed by atoms with Gasteiger partial charge in [-0.1, -0.05) is 24.3 Å². The first-order chi connectivity index (χ1) is 16.7. The van der Waals surface area contributed by atoms with Crippen molar-refractivity contribution in [3.05, 3.63) is 88.0 Å². The maximum Gasteiger partial charge on any atom is 0.416 e. The van der Waals surface area contributed by atoms with Crippen LogP contribution in [0.1, 0.15) is 58.2 Å². The molecule has 3 aromatic rings. The largest absolute Gasteiger partial charge is 0.508 e. The number of halogens is 3. The van der Waals surface area contributed by atoms with E-state index in [-0.39, 0.29) is 36.7 Å². The number of fused-ring (bicyclic) bond motifs is 2. The van der Waals surface area contributed by atoms with Crippen molar-refractivity contribution in [1.29, 1.82) is 0 Å². The van der Waals surface area contributed by atoms with E-state index in [1.54, 1.807) is 30.3 Å². The van der Waals surface area contributed by atoms with Crippen LogP contribution in [0.2, 0.25) is 0 Å². The fourth-order valence-electron chi connectivity index (χ4n) is 5.02. The molecule has 1 aliphatic carbocycles. The van der Waals surface area contributed by atoms with E-state index in [0.29, 0.717) is 35.5 Å². The number of aromatic hydroxyl groups is 1. The summed E-state index contributed by atoms with van der Waals surface area (Å²) < 4.78 is 53.4. The lowest BCUT2D eigenvalue weighted by molar-refractivity contribution is -0.138. The van der Waals surface area contributed by atoms with E-state index in [2.05, 4.69) is 0 Å². The third-order valence-electron chi connectivity index (χ3n) is 6.66. The molecule has 2 atom stereocenters. The Labute approximate surface area is 199 Å². The number of carboxylic acids is 1. The lowest BCUT2D eigenvalue weighted by atomic mass is 9.92. The maximum absolute atomic E-state index is 13.8. The van der Waals surface area contributed by atoms with Crippen molar-refractivity contribution in [1.82, 2.24) is 0 Å². The molecule has 5 nitrogen and oxygen atoms in total. The SMILES string of the molecule is O=C(O)CC1COc2cc(OC3CCc4c3ccc(C(F)(F)F)c4Cc3ccc(O)cc3)ccc21. The van der Waals surface area contributed by atoms with Gasteiger partial charge in [-0.15, -0.1) is 0 Å². The van der Waals surface area contributed by atoms with Gasteiger partial charge in [0.1, 0.15) is 23.4 Å². The quantitative estimate of drug-likeness (QED) is 0.448. The van der Waals surface area contributed by atoms with Crippen LogP contribution in [-0.2, 0) is 23.8 Å². The molecule has 0 spiro atoms. The van der Waals surface area contributed by atoms with Gasteiger partial charge in [-0.05, 0) is 65.8 Å². The summed E-state index contributed by atoms with van der Waals surface area (Å²) in [5.41, 5.74) is 2.46. The van der Waals surface area contributed by atoms with Gasteiger partial charge in [0, 0.05) is 17.5 Å². The highest BCUT2D eigenvalue weighted by Gasteiger charge is 2.37. The fraction of sp³-hybridized carbons (Fsp3) is 0.296. The molecule has 0 saturated heterocycles. The van der Waals surface area contributed by atoms with E-state index in [9.17, 15) is 23.1 Å². The second-order valence-corrected chi connectivity index (χ2v) is 8.95. The van der Waals surface area contributed by atoms with Crippen LogP contribution >= 0.6 is 0 Å². The van der Waals surface area contributed by atoms with E-state index in [4.69, 9.17) is 14.6 Å². The van der Waals surface area contributed by atoms with Gasteiger partial charge in [0.2, 0.25) is 0 Å². The maximum atomic E-state index is 13.8. The monoisotopic (exact) mass is 484 g/mol. The van der Waals surface area contributed by atoms with E-state index >= 15 is 0 Å². The van der Waals surface area contributed by atoms with Gasteiger partial charge in [0.15, 0.2) is 0 Å². The summed E-state index contributed by atoms with van der Waals surface area (Å²) in [6.07, 6.45) is -3.81. The number of phenolic OH excluding ortho intramolecular Hbond substituents is 1. The Morgan fingerprint density at radius 1 is 1.06 bits per heavy atom. The summed E-state index contributed by atoms with van der Waals surface area (Å²) in [5.74, 6) is 0.0526. The summed E-state index contributed by atoms with van der Waals surface area (Å²) in [6, 6.07) is 14.1. The van der Waals surface area contributed by atoms with Crippen molar-refractivity contribution in [2.75, 3.05) is 6.61 Å². The third-order valence-corrected chi connectivity index (χ3v) is 6.66. The minimum atomic E-state index is -4.48. The number of carboxylic acid groups (broad SMARTS) is 1. The average Bonchev–Trinajstić information content (AvgIpc) is 3.38. The Hall–Kier alpha value is -3.68. The number of aliphatic carboxylic acids is 1. The molecule has 0 bridgehead atoms. The number of ether oxygens (including phenoxy) is 2. The van der Waals surface area contributed by atoms with E-state index in [1.165, 1.54) is 18.2 Å². The summed E-state index contributed by atoms with van der Waals surface area (Å²) in [6.45, 7) is 0.290. The standard InChI is InChI=1S/C27H23F3O5/c28-27(29,30)23-9-7-21-20(22(23)11-15-1-3-17(31)4-2-15)8-10-24(21)35-18-5-6-19-16(12-26(32)33)14-34-25(19)13-18/h1-7,9,13,16,24,31H,8,10-12,14H2,(H,32,33). The molecule has 0 radical (unpaired) electrons. The van der Waals surface area contributed by atoms with Gasteiger partial charge in [0.25, 0.3) is 0 Å². The molecule has 5 rings (SSSR count). The molecule has 3 aromatic carbocycles. The average molecular weight is 484 g/mol. The number of carbonyl (C=O) groups is 1. The highest BCUT2D eigenvalue weighted by atomic mass is 19.4. The molecular weight excluding hydrogens is 461 g/mol. The minimum absolute atomic E-state index is 0.0193. The molecular formula is C27H23F3O5. The number of hydrogen-bond acceptors (Lipinski definition) is 4. The molecule has 2 N–H and O–H groups in total. The van der Waals surface area contributed by atoms with Crippen molar-refractivity contribution in [2.45, 2.75) is 43.9 Å². The Balaban J connectivity index is 1.42. The molecule has 1 heterocycles. The fourth-order valence-corrected chi connectivity index (χ4v) is 5.02. The minimum Gasteiger partial charge on any atom is -0.508 e. The van der Waals surface area contributed by atoms with Crippen LogP contribution in [0, 0.1) is 0 Å². The molecule has 182 valence electrons. The lowest BCUT2D eigenvalue weighted by Crippen LogP contribution is -2.13. The van der Waals surface area contributed by atoms with Crippen molar-refractivity contribution in [3.8, 4) is 17.2 Å².